The van der Waals surface area contributed by atoms with Crippen LogP contribution in [0.25, 0.3) is 11.3 Å². The molecule has 0 radical (unpaired) electrons. The molecule has 0 aliphatic heterocycles. The van der Waals surface area contributed by atoms with Crippen molar-refractivity contribution in [1.29, 1.82) is 0 Å². The minimum absolute atomic E-state index is 0.439. The van der Waals surface area contributed by atoms with Gasteiger partial charge in [-0.25, -0.2) is 8.42 Å². The third-order valence-electron chi connectivity index (χ3n) is 3.73. The molecule has 0 bridgehead atoms. The number of rotatable bonds is 3. The fraction of sp³-hybridized carbons (Fsp3) is 0.308. The van der Waals surface area contributed by atoms with Crippen LogP contribution >= 0.6 is 0 Å². The van der Waals surface area contributed by atoms with Gasteiger partial charge >= 0.3 is 0 Å². The molecule has 6 heteroatoms. The number of hydrogen-bond acceptors (Lipinski definition) is 4. The molecule has 2 aromatic rings. The van der Waals surface area contributed by atoms with E-state index >= 15 is 0 Å². The molecule has 19 heavy (non-hydrogen) atoms. The first kappa shape index (κ1) is 12.2. The Kier molecular flexibility index (Phi) is 2.47. The highest BCUT2D eigenvalue weighted by Gasteiger charge is 2.53. The maximum atomic E-state index is 11.8. The van der Waals surface area contributed by atoms with Crippen molar-refractivity contribution < 1.29 is 8.42 Å². The van der Waals surface area contributed by atoms with E-state index in [1.54, 1.807) is 6.07 Å². The zero-order chi connectivity index (χ0) is 13.7. The number of sulfone groups is 1. The predicted molar refractivity (Wildman–Crippen MR) is 74.2 cm³/mol. The number of anilines is 1. The average Bonchev–Trinajstić information content (AvgIpc) is 3.07. The van der Waals surface area contributed by atoms with E-state index in [1.807, 2.05) is 24.3 Å². The Morgan fingerprint density at radius 1 is 1.26 bits per heavy atom. The number of nitrogen functional groups attached to an aromatic ring is 1. The van der Waals surface area contributed by atoms with Crippen LogP contribution < -0.4 is 5.73 Å². The van der Waals surface area contributed by atoms with Gasteiger partial charge in [-0.3, -0.25) is 5.10 Å². The van der Waals surface area contributed by atoms with E-state index in [0.717, 1.165) is 16.8 Å². The van der Waals surface area contributed by atoms with Crippen LogP contribution in [0.2, 0.25) is 0 Å². The van der Waals surface area contributed by atoms with Crippen molar-refractivity contribution in [3.05, 3.63) is 35.9 Å². The molecule has 0 spiro atoms. The number of nitrogens with two attached hydrogens (primary N) is 1. The lowest BCUT2D eigenvalue weighted by molar-refractivity contribution is 0.586. The SMILES string of the molecule is CS(=O)(=O)C1(c2ccc(-c3cc(N)n[nH]3)cc2)CC1. The fourth-order valence-electron chi connectivity index (χ4n) is 2.43. The molecule has 1 saturated carbocycles. The molecule has 0 amide bonds. The summed E-state index contributed by atoms with van der Waals surface area (Å²) in [4.78, 5) is 0. The molecule has 0 saturated heterocycles. The summed E-state index contributed by atoms with van der Waals surface area (Å²) >= 11 is 0. The number of aromatic amines is 1. The van der Waals surface area contributed by atoms with E-state index in [0.29, 0.717) is 18.7 Å². The Morgan fingerprint density at radius 2 is 1.89 bits per heavy atom. The van der Waals surface area contributed by atoms with Crippen LogP contribution in [0.4, 0.5) is 5.82 Å². The molecule has 100 valence electrons. The molecule has 3 rings (SSSR count). The lowest BCUT2D eigenvalue weighted by atomic mass is 10.1. The first-order chi connectivity index (χ1) is 8.92. The van der Waals surface area contributed by atoms with Gasteiger partial charge in [-0.1, -0.05) is 24.3 Å². The van der Waals surface area contributed by atoms with Gasteiger partial charge in [-0.15, -0.1) is 0 Å². The Bertz CT molecular complexity index is 713. The number of aromatic nitrogens is 2. The third kappa shape index (κ3) is 1.92. The van der Waals surface area contributed by atoms with E-state index in [9.17, 15) is 8.42 Å². The minimum atomic E-state index is -3.06. The number of nitrogens with zero attached hydrogens (tertiary/aromatic N) is 1. The highest BCUT2D eigenvalue weighted by molar-refractivity contribution is 7.92. The summed E-state index contributed by atoms with van der Waals surface area (Å²) in [6.45, 7) is 0. The first-order valence-electron chi connectivity index (χ1n) is 6.04. The van der Waals surface area contributed by atoms with Crippen LogP contribution in [-0.4, -0.2) is 24.9 Å². The molecule has 1 aromatic heterocycles. The van der Waals surface area contributed by atoms with Gasteiger partial charge in [0, 0.05) is 12.3 Å². The molecule has 0 atom stereocenters. The Morgan fingerprint density at radius 3 is 2.32 bits per heavy atom. The maximum absolute atomic E-state index is 11.8. The quantitative estimate of drug-likeness (QED) is 0.893. The third-order valence-corrected chi connectivity index (χ3v) is 5.80. The molecule has 0 unspecified atom stereocenters. The van der Waals surface area contributed by atoms with Crippen molar-refractivity contribution in [2.75, 3.05) is 12.0 Å². The van der Waals surface area contributed by atoms with Crippen LogP contribution in [0.3, 0.4) is 0 Å². The van der Waals surface area contributed by atoms with Gasteiger partial charge in [0.2, 0.25) is 0 Å². The Balaban J connectivity index is 1.96. The van der Waals surface area contributed by atoms with Gasteiger partial charge in [-0.2, -0.15) is 5.10 Å². The maximum Gasteiger partial charge on any atom is 0.157 e. The second-order valence-electron chi connectivity index (χ2n) is 5.05. The van der Waals surface area contributed by atoms with Gasteiger partial charge in [0.1, 0.15) is 5.82 Å². The zero-order valence-electron chi connectivity index (χ0n) is 10.6. The highest BCUT2D eigenvalue weighted by Crippen LogP contribution is 2.52. The standard InChI is InChI=1S/C13H15N3O2S/c1-19(17,18)13(6-7-13)10-4-2-9(3-5-10)11-8-12(14)16-15-11/h2-5,8H,6-7H2,1H3,(H3,14,15,16). The summed E-state index contributed by atoms with van der Waals surface area (Å²) in [5.41, 5.74) is 8.20. The van der Waals surface area contributed by atoms with Gasteiger partial charge in [0.05, 0.1) is 10.4 Å². The van der Waals surface area contributed by atoms with Crippen LogP contribution in [0.5, 0.6) is 0 Å². The Labute approximate surface area is 111 Å². The normalized spacial score (nSPS) is 17.3. The van der Waals surface area contributed by atoms with Gasteiger partial charge in [0.15, 0.2) is 9.84 Å². The second kappa shape index (κ2) is 3.84. The van der Waals surface area contributed by atoms with Crippen LogP contribution in [0.1, 0.15) is 18.4 Å². The summed E-state index contributed by atoms with van der Waals surface area (Å²) in [6, 6.07) is 9.29. The van der Waals surface area contributed by atoms with E-state index in [2.05, 4.69) is 10.2 Å². The summed E-state index contributed by atoms with van der Waals surface area (Å²) in [6.07, 6.45) is 2.73. The minimum Gasteiger partial charge on any atom is -0.382 e. The smallest absolute Gasteiger partial charge is 0.157 e. The van der Waals surface area contributed by atoms with Crippen molar-refractivity contribution >= 4 is 15.7 Å². The molecule has 1 aliphatic carbocycles. The summed E-state index contributed by atoms with van der Waals surface area (Å²) < 4.78 is 23.0. The molecular weight excluding hydrogens is 262 g/mol. The molecule has 1 fully saturated rings. The summed E-state index contributed by atoms with van der Waals surface area (Å²) in [7, 11) is -3.06. The molecule has 1 aromatic carbocycles. The number of nitrogens with one attached hydrogen (secondary N) is 1. The van der Waals surface area contributed by atoms with Crippen LogP contribution in [0.15, 0.2) is 30.3 Å². The largest absolute Gasteiger partial charge is 0.382 e. The van der Waals surface area contributed by atoms with E-state index < -0.39 is 14.6 Å². The zero-order valence-corrected chi connectivity index (χ0v) is 11.4. The van der Waals surface area contributed by atoms with Gasteiger partial charge < -0.3 is 5.73 Å². The van der Waals surface area contributed by atoms with E-state index in [4.69, 9.17) is 5.73 Å². The van der Waals surface area contributed by atoms with Crippen molar-refractivity contribution in [3.8, 4) is 11.3 Å². The number of hydrogen-bond donors (Lipinski definition) is 2. The summed E-state index contributed by atoms with van der Waals surface area (Å²) in [5.74, 6) is 0.439. The second-order valence-corrected chi connectivity index (χ2v) is 7.38. The van der Waals surface area contributed by atoms with Crippen molar-refractivity contribution in [2.45, 2.75) is 17.6 Å². The van der Waals surface area contributed by atoms with Gasteiger partial charge in [0.25, 0.3) is 0 Å². The van der Waals surface area contributed by atoms with Crippen molar-refractivity contribution in [2.24, 2.45) is 0 Å². The predicted octanol–water partition coefficient (Wildman–Crippen LogP) is 1.69. The number of H-pyrrole nitrogens is 1. The monoisotopic (exact) mass is 277 g/mol. The van der Waals surface area contributed by atoms with E-state index in [-0.39, 0.29) is 0 Å². The van der Waals surface area contributed by atoms with Crippen LogP contribution in [-0.2, 0) is 14.6 Å². The molecule has 1 aliphatic rings. The summed E-state index contributed by atoms with van der Waals surface area (Å²) in [5, 5.41) is 6.71. The molecule has 3 N–H and O–H groups in total. The molecular formula is C13H15N3O2S. The Hall–Kier alpha value is -1.82. The average molecular weight is 277 g/mol. The lowest BCUT2D eigenvalue weighted by Crippen LogP contribution is -2.19. The lowest BCUT2D eigenvalue weighted by Gasteiger charge is -2.13. The number of benzene rings is 1. The van der Waals surface area contributed by atoms with Crippen molar-refractivity contribution in [1.82, 2.24) is 10.2 Å². The van der Waals surface area contributed by atoms with Crippen molar-refractivity contribution in [3.63, 3.8) is 0 Å². The highest BCUT2D eigenvalue weighted by atomic mass is 32.2. The molecule has 1 heterocycles. The molecule has 5 nitrogen and oxygen atoms in total. The topological polar surface area (TPSA) is 88.8 Å². The fourth-order valence-corrected chi connectivity index (χ4v) is 3.83. The first-order valence-corrected chi connectivity index (χ1v) is 7.93. The van der Waals surface area contributed by atoms with Gasteiger partial charge in [-0.05, 0) is 24.0 Å². The van der Waals surface area contributed by atoms with Crippen LogP contribution in [0, 0.1) is 0 Å². The van der Waals surface area contributed by atoms with E-state index in [1.165, 1.54) is 6.26 Å².